The van der Waals surface area contributed by atoms with E-state index < -0.39 is 0 Å². The molecular weight excluding hydrogens is 280 g/mol. The first-order chi connectivity index (χ1) is 10.8. The fourth-order valence-corrected chi connectivity index (χ4v) is 3.53. The summed E-state index contributed by atoms with van der Waals surface area (Å²) in [6.45, 7) is 5.03. The number of hydrogen-bond acceptors (Lipinski definition) is 6. The summed E-state index contributed by atoms with van der Waals surface area (Å²) >= 11 is 0. The van der Waals surface area contributed by atoms with Gasteiger partial charge in [-0.25, -0.2) is 9.50 Å². The summed E-state index contributed by atoms with van der Waals surface area (Å²) in [5.74, 6) is 2.78. The third kappa shape index (κ3) is 2.29. The number of anilines is 1. The molecule has 3 heterocycles. The van der Waals surface area contributed by atoms with E-state index in [4.69, 9.17) is 10.5 Å². The lowest BCUT2D eigenvalue weighted by Crippen LogP contribution is -2.16. The normalized spacial score (nSPS) is 26.3. The largest absolute Gasteiger partial charge is 0.462 e. The lowest BCUT2D eigenvalue weighted by atomic mass is 10.1. The van der Waals surface area contributed by atoms with Gasteiger partial charge in [0.25, 0.3) is 0 Å². The Morgan fingerprint density at radius 1 is 1.41 bits per heavy atom. The van der Waals surface area contributed by atoms with E-state index >= 15 is 0 Å². The molecule has 2 aliphatic rings. The molecular formula is C15H22N6O. The predicted molar refractivity (Wildman–Crippen MR) is 82.6 cm³/mol. The van der Waals surface area contributed by atoms with Crippen molar-refractivity contribution in [1.29, 1.82) is 0 Å². The number of rotatable bonds is 6. The second kappa shape index (κ2) is 5.39. The number of hydrogen-bond donors (Lipinski definition) is 2. The van der Waals surface area contributed by atoms with Gasteiger partial charge in [0, 0.05) is 0 Å². The molecule has 0 aromatic carbocycles. The van der Waals surface area contributed by atoms with E-state index in [1.807, 2.05) is 10.7 Å². The number of imidazole rings is 1. The quantitative estimate of drug-likeness (QED) is 0.770. The third-order valence-electron chi connectivity index (χ3n) is 4.88. The van der Waals surface area contributed by atoms with Crippen LogP contribution >= 0.6 is 0 Å². The van der Waals surface area contributed by atoms with Gasteiger partial charge in [0.2, 0.25) is 0 Å². The lowest BCUT2D eigenvalue weighted by Gasteiger charge is -2.07. The van der Waals surface area contributed by atoms with E-state index in [0.717, 1.165) is 55.8 Å². The van der Waals surface area contributed by atoms with E-state index in [-0.39, 0.29) is 0 Å². The van der Waals surface area contributed by atoms with Gasteiger partial charge >= 0.3 is 6.01 Å². The first-order valence-electron chi connectivity index (χ1n) is 8.11. The summed E-state index contributed by atoms with van der Waals surface area (Å²) in [4.78, 5) is 8.56. The highest BCUT2D eigenvalue weighted by Crippen LogP contribution is 2.50. The van der Waals surface area contributed by atoms with Crippen LogP contribution in [0.3, 0.4) is 0 Å². The zero-order chi connectivity index (χ0) is 15.1. The molecule has 0 bridgehead atoms. The number of nitrogens with zero attached hydrogens (tertiary/aromatic N) is 4. The van der Waals surface area contributed by atoms with E-state index in [1.54, 1.807) is 0 Å². The molecule has 4 rings (SSSR count). The number of fused-ring (bicyclic) bond motifs is 2. The molecule has 0 radical (unpaired) electrons. The number of nitrogens with two attached hydrogens (primary N) is 1. The molecule has 0 spiro atoms. The Bertz CT molecular complexity index is 674. The van der Waals surface area contributed by atoms with Crippen LogP contribution < -0.4 is 15.8 Å². The molecule has 1 aliphatic heterocycles. The third-order valence-corrected chi connectivity index (χ3v) is 4.88. The molecule has 7 nitrogen and oxygen atoms in total. The fraction of sp³-hybridized carbons (Fsp3) is 0.667. The van der Waals surface area contributed by atoms with Gasteiger partial charge in [-0.15, -0.1) is 5.10 Å². The van der Waals surface area contributed by atoms with Crippen LogP contribution in [0.1, 0.15) is 25.5 Å². The van der Waals surface area contributed by atoms with E-state index in [2.05, 4.69) is 27.3 Å². The molecule has 2 fully saturated rings. The monoisotopic (exact) mass is 302 g/mol. The zero-order valence-corrected chi connectivity index (χ0v) is 12.8. The molecule has 0 amide bonds. The zero-order valence-electron chi connectivity index (χ0n) is 12.8. The molecule has 1 saturated heterocycles. The standard InChI is InChI=1S/C15H22N6O/c1-2-3-4-22-15-19-13(16)14-18-6-9(21(14)20-15)5-10-11-7-17-8-12(10)11/h6,10-12,17H,2-5,7-8H2,1H3,(H2,16,19,20). The minimum absolute atomic E-state index is 0.343. The molecule has 2 atom stereocenters. The van der Waals surface area contributed by atoms with Crippen molar-refractivity contribution < 1.29 is 4.74 Å². The predicted octanol–water partition coefficient (Wildman–Crippen LogP) is 0.893. The van der Waals surface area contributed by atoms with Crippen molar-refractivity contribution in [1.82, 2.24) is 24.9 Å². The molecule has 7 heteroatoms. The average molecular weight is 302 g/mol. The first kappa shape index (κ1) is 13.8. The Kier molecular flexibility index (Phi) is 3.37. The summed E-state index contributed by atoms with van der Waals surface area (Å²) in [6.07, 6.45) is 4.93. The molecule has 2 aromatic rings. The van der Waals surface area contributed by atoms with Crippen LogP contribution in [0.2, 0.25) is 0 Å². The molecule has 2 unspecified atom stereocenters. The van der Waals surface area contributed by atoms with Crippen molar-refractivity contribution in [2.45, 2.75) is 26.2 Å². The van der Waals surface area contributed by atoms with Gasteiger partial charge in [0.15, 0.2) is 11.5 Å². The number of nitrogens with one attached hydrogen (secondary N) is 1. The molecule has 1 saturated carbocycles. The second-order valence-electron chi connectivity index (χ2n) is 6.32. The van der Waals surface area contributed by atoms with Crippen LogP contribution in [0.5, 0.6) is 6.01 Å². The van der Waals surface area contributed by atoms with Gasteiger partial charge in [0.1, 0.15) is 0 Å². The summed E-state index contributed by atoms with van der Waals surface area (Å²) in [6, 6.07) is 0.343. The maximum Gasteiger partial charge on any atom is 0.336 e. The lowest BCUT2D eigenvalue weighted by molar-refractivity contribution is 0.280. The van der Waals surface area contributed by atoms with Crippen LogP contribution in [-0.4, -0.2) is 39.3 Å². The van der Waals surface area contributed by atoms with E-state index in [1.165, 1.54) is 0 Å². The first-order valence-corrected chi connectivity index (χ1v) is 8.11. The van der Waals surface area contributed by atoms with Crippen molar-refractivity contribution in [2.24, 2.45) is 17.8 Å². The number of ether oxygens (including phenoxy) is 1. The molecule has 118 valence electrons. The van der Waals surface area contributed by atoms with Gasteiger partial charge in [-0.2, -0.15) is 4.98 Å². The van der Waals surface area contributed by atoms with Crippen molar-refractivity contribution in [3.8, 4) is 6.01 Å². The summed E-state index contributed by atoms with van der Waals surface area (Å²) in [7, 11) is 0. The van der Waals surface area contributed by atoms with Crippen LogP contribution in [-0.2, 0) is 6.42 Å². The summed E-state index contributed by atoms with van der Waals surface area (Å²) in [5, 5.41) is 7.90. The van der Waals surface area contributed by atoms with Crippen molar-refractivity contribution >= 4 is 11.5 Å². The SMILES string of the molecule is CCCCOc1nc(N)c2ncc(CC3C4CNCC43)n2n1. The van der Waals surface area contributed by atoms with E-state index in [9.17, 15) is 0 Å². The van der Waals surface area contributed by atoms with Crippen LogP contribution in [0.25, 0.3) is 5.65 Å². The van der Waals surface area contributed by atoms with Gasteiger partial charge in [-0.05, 0) is 43.7 Å². The smallest absolute Gasteiger partial charge is 0.336 e. The summed E-state index contributed by atoms with van der Waals surface area (Å²) in [5.41, 5.74) is 7.72. The molecule has 1 aliphatic carbocycles. The van der Waals surface area contributed by atoms with Crippen molar-refractivity contribution in [2.75, 3.05) is 25.4 Å². The topological polar surface area (TPSA) is 90.4 Å². The summed E-state index contributed by atoms with van der Waals surface area (Å²) < 4.78 is 7.40. The number of unbranched alkanes of at least 4 members (excludes halogenated alkanes) is 1. The molecule has 2 aromatic heterocycles. The van der Waals surface area contributed by atoms with Gasteiger partial charge < -0.3 is 15.8 Å². The highest BCUT2D eigenvalue weighted by atomic mass is 16.5. The number of piperidine rings is 1. The Morgan fingerprint density at radius 2 is 2.23 bits per heavy atom. The van der Waals surface area contributed by atoms with Gasteiger partial charge in [0.05, 0.1) is 18.5 Å². The average Bonchev–Trinajstić information content (AvgIpc) is 2.89. The Labute approximate surface area is 129 Å². The van der Waals surface area contributed by atoms with Crippen molar-refractivity contribution in [3.05, 3.63) is 11.9 Å². The van der Waals surface area contributed by atoms with Gasteiger partial charge in [-0.1, -0.05) is 13.3 Å². The highest BCUT2D eigenvalue weighted by molar-refractivity contribution is 5.59. The highest BCUT2D eigenvalue weighted by Gasteiger charge is 2.52. The maximum absolute atomic E-state index is 5.99. The minimum atomic E-state index is 0.343. The minimum Gasteiger partial charge on any atom is -0.462 e. The Morgan fingerprint density at radius 3 is 3.00 bits per heavy atom. The Balaban J connectivity index is 1.56. The van der Waals surface area contributed by atoms with Crippen LogP contribution in [0.15, 0.2) is 6.20 Å². The van der Waals surface area contributed by atoms with E-state index in [0.29, 0.717) is 24.1 Å². The van der Waals surface area contributed by atoms with Crippen LogP contribution in [0.4, 0.5) is 5.82 Å². The van der Waals surface area contributed by atoms with Gasteiger partial charge in [-0.3, -0.25) is 0 Å². The maximum atomic E-state index is 5.99. The number of nitrogen functional groups attached to an aromatic ring is 1. The molecule has 22 heavy (non-hydrogen) atoms. The second-order valence-corrected chi connectivity index (χ2v) is 6.32. The fourth-order valence-electron chi connectivity index (χ4n) is 3.53. The number of aromatic nitrogens is 4. The van der Waals surface area contributed by atoms with Crippen LogP contribution in [0, 0.1) is 17.8 Å². The Hall–Kier alpha value is -1.89. The molecule has 3 N–H and O–H groups in total. The van der Waals surface area contributed by atoms with Crippen molar-refractivity contribution in [3.63, 3.8) is 0 Å².